The molecule has 0 atom stereocenters. The molecule has 0 amide bonds. The van der Waals surface area contributed by atoms with E-state index < -0.39 is 58.8 Å². The van der Waals surface area contributed by atoms with Gasteiger partial charge in [-0.2, -0.15) is 48.3 Å². The lowest BCUT2D eigenvalue weighted by Gasteiger charge is -2.26. The molecular weight excluding hydrogens is 377 g/mol. The second-order valence-electron chi connectivity index (χ2n) is 3.97. The minimum Gasteiger partial charge on any atom is -0.503 e. The zero-order valence-electron chi connectivity index (χ0n) is 10.4. The molecule has 14 heteroatoms. The number of hydrogen-bond acceptors (Lipinski definition) is 3. The molecule has 0 unspecified atom stereocenters. The van der Waals surface area contributed by atoms with Crippen molar-refractivity contribution in [2.24, 2.45) is 0 Å². The van der Waals surface area contributed by atoms with E-state index in [9.17, 15) is 53.1 Å². The van der Waals surface area contributed by atoms with Gasteiger partial charge in [-0.05, 0) is 0 Å². The van der Waals surface area contributed by atoms with Crippen LogP contribution >= 0.6 is 0 Å². The quantitative estimate of drug-likeness (QED) is 0.378. The Morgan fingerprint density at radius 2 is 1.17 bits per heavy atom. The van der Waals surface area contributed by atoms with Gasteiger partial charge in [0, 0.05) is 0 Å². The predicted molar refractivity (Wildman–Crippen MR) is 49.5 cm³/mol. The molecule has 1 aromatic carbocycles. The van der Waals surface area contributed by atoms with E-state index in [1.54, 1.807) is 0 Å². The molecule has 1 aromatic rings. The SMILES string of the molecule is O=C(Oc1c(F)c(F)c(O)c(F)c1F)C(F)(F)C(F)(F)C(F)(F)F. The van der Waals surface area contributed by atoms with Gasteiger partial charge in [-0.15, -0.1) is 0 Å². The zero-order chi connectivity index (χ0) is 19.2. The lowest BCUT2D eigenvalue weighted by molar-refractivity contribution is -0.346. The lowest BCUT2D eigenvalue weighted by Crippen LogP contribution is -2.57. The van der Waals surface area contributed by atoms with Crippen molar-refractivity contribution in [3.05, 3.63) is 23.3 Å². The highest BCUT2D eigenvalue weighted by Crippen LogP contribution is 2.47. The van der Waals surface area contributed by atoms with Gasteiger partial charge in [0.15, 0.2) is 5.75 Å². The largest absolute Gasteiger partial charge is 0.503 e. The molecule has 0 aliphatic heterocycles. The molecule has 0 radical (unpaired) electrons. The van der Waals surface area contributed by atoms with Crippen molar-refractivity contribution < 1.29 is 62.9 Å². The number of ether oxygens (including phenoxy) is 1. The highest BCUT2D eigenvalue weighted by molar-refractivity contribution is 5.81. The molecule has 3 nitrogen and oxygen atoms in total. The van der Waals surface area contributed by atoms with Crippen LogP contribution in [0.15, 0.2) is 0 Å². The van der Waals surface area contributed by atoms with E-state index in [1.807, 2.05) is 0 Å². The monoisotopic (exact) mass is 378 g/mol. The Kier molecular flexibility index (Phi) is 4.66. The van der Waals surface area contributed by atoms with Crippen molar-refractivity contribution in [2.45, 2.75) is 18.0 Å². The Bertz CT molecular complexity index is 651. The number of halogens is 11. The number of phenolic OH excluding ortho intramolecular Hbond substituents is 1. The maximum absolute atomic E-state index is 13.1. The van der Waals surface area contributed by atoms with Crippen LogP contribution < -0.4 is 4.74 Å². The first-order chi connectivity index (χ1) is 10.6. The van der Waals surface area contributed by atoms with E-state index in [2.05, 4.69) is 4.74 Å². The van der Waals surface area contributed by atoms with E-state index in [0.717, 1.165) is 0 Å². The summed E-state index contributed by atoms with van der Waals surface area (Å²) in [4.78, 5) is 10.7. The average molecular weight is 378 g/mol. The fraction of sp³-hybridized carbons (Fsp3) is 0.300. The number of benzene rings is 1. The molecule has 0 bridgehead atoms. The molecule has 0 aliphatic rings. The second kappa shape index (κ2) is 5.66. The molecule has 1 N–H and O–H groups in total. The summed E-state index contributed by atoms with van der Waals surface area (Å²) in [5.74, 6) is -33.6. The van der Waals surface area contributed by atoms with Crippen molar-refractivity contribution >= 4 is 5.97 Å². The summed E-state index contributed by atoms with van der Waals surface area (Å²) in [5, 5.41) is 8.53. The minimum absolute atomic E-state index is 2.32. The van der Waals surface area contributed by atoms with Crippen LogP contribution in [-0.4, -0.2) is 29.1 Å². The summed E-state index contributed by atoms with van der Waals surface area (Å²) < 4.78 is 141. The van der Waals surface area contributed by atoms with Crippen molar-refractivity contribution in [3.8, 4) is 11.5 Å². The Balaban J connectivity index is 3.36. The molecule has 0 saturated heterocycles. The van der Waals surface area contributed by atoms with Crippen LogP contribution in [0.3, 0.4) is 0 Å². The average Bonchev–Trinajstić information content (AvgIpc) is 2.45. The zero-order valence-corrected chi connectivity index (χ0v) is 10.4. The van der Waals surface area contributed by atoms with E-state index in [-0.39, 0.29) is 0 Å². The van der Waals surface area contributed by atoms with E-state index in [4.69, 9.17) is 5.11 Å². The smallest absolute Gasteiger partial charge is 0.460 e. The number of rotatable bonds is 3. The standard InChI is InChI=1S/C10HF11O3/c11-1-3(13)6(4(14)2(12)5(1)22)24-7(23)8(15,16)9(17,18)10(19,20)21/h22H. The molecular formula is C10HF11O3. The molecule has 0 spiro atoms. The third-order valence-electron chi connectivity index (χ3n) is 2.40. The number of esters is 1. The molecule has 136 valence electrons. The summed E-state index contributed by atoms with van der Waals surface area (Å²) in [6.07, 6.45) is -6.97. The fourth-order valence-corrected chi connectivity index (χ4v) is 1.15. The first-order valence-electron chi connectivity index (χ1n) is 5.16. The number of aromatic hydroxyl groups is 1. The van der Waals surface area contributed by atoms with Crippen LogP contribution in [0.25, 0.3) is 0 Å². The van der Waals surface area contributed by atoms with Crippen LogP contribution in [0, 0.1) is 23.3 Å². The lowest BCUT2D eigenvalue weighted by atomic mass is 10.1. The van der Waals surface area contributed by atoms with E-state index >= 15 is 0 Å². The number of carbonyl (C=O) groups excluding carboxylic acids is 1. The first kappa shape index (κ1) is 19.8. The Labute approximate surface area is 123 Å². The van der Waals surface area contributed by atoms with Gasteiger partial charge in [0.05, 0.1) is 0 Å². The fourth-order valence-electron chi connectivity index (χ4n) is 1.15. The van der Waals surface area contributed by atoms with Gasteiger partial charge in [0.1, 0.15) is 0 Å². The van der Waals surface area contributed by atoms with Crippen LogP contribution in [0.5, 0.6) is 11.5 Å². The van der Waals surface area contributed by atoms with Crippen molar-refractivity contribution in [1.82, 2.24) is 0 Å². The highest BCUT2D eigenvalue weighted by atomic mass is 19.4. The summed E-state index contributed by atoms with van der Waals surface area (Å²) in [7, 11) is 0. The van der Waals surface area contributed by atoms with Crippen LogP contribution in [-0.2, 0) is 4.79 Å². The maximum Gasteiger partial charge on any atom is 0.460 e. The number of carbonyl (C=O) groups is 1. The van der Waals surface area contributed by atoms with Gasteiger partial charge >= 0.3 is 24.0 Å². The summed E-state index contributed by atoms with van der Waals surface area (Å²) >= 11 is 0. The normalized spacial score (nSPS) is 13.1. The van der Waals surface area contributed by atoms with Gasteiger partial charge in [-0.3, -0.25) is 0 Å². The predicted octanol–water partition coefficient (Wildman–Crippen LogP) is 3.69. The highest BCUT2D eigenvalue weighted by Gasteiger charge is 2.77. The van der Waals surface area contributed by atoms with E-state index in [0.29, 0.717) is 0 Å². The minimum atomic E-state index is -7.03. The van der Waals surface area contributed by atoms with Gasteiger partial charge in [0.25, 0.3) is 0 Å². The van der Waals surface area contributed by atoms with Crippen LogP contribution in [0.2, 0.25) is 0 Å². The second-order valence-corrected chi connectivity index (χ2v) is 3.97. The molecule has 24 heavy (non-hydrogen) atoms. The summed E-state index contributed by atoms with van der Waals surface area (Å²) in [6.45, 7) is 0. The van der Waals surface area contributed by atoms with Crippen LogP contribution in [0.4, 0.5) is 48.3 Å². The van der Waals surface area contributed by atoms with Gasteiger partial charge in [-0.1, -0.05) is 0 Å². The topological polar surface area (TPSA) is 46.5 Å². The molecule has 0 fully saturated rings. The van der Waals surface area contributed by atoms with Gasteiger partial charge in [0.2, 0.25) is 29.0 Å². The molecule has 0 aliphatic carbocycles. The Morgan fingerprint density at radius 1 is 0.792 bits per heavy atom. The Hall–Kier alpha value is -2.28. The number of hydrogen-bond donors (Lipinski definition) is 1. The van der Waals surface area contributed by atoms with Crippen molar-refractivity contribution in [2.75, 3.05) is 0 Å². The van der Waals surface area contributed by atoms with Crippen LogP contribution in [0.1, 0.15) is 0 Å². The molecule has 1 rings (SSSR count). The third-order valence-corrected chi connectivity index (χ3v) is 2.40. The molecule has 0 aromatic heterocycles. The third kappa shape index (κ3) is 2.80. The summed E-state index contributed by atoms with van der Waals surface area (Å²) in [6, 6.07) is 0. The Morgan fingerprint density at radius 3 is 1.50 bits per heavy atom. The maximum atomic E-state index is 13.1. The van der Waals surface area contributed by atoms with Crippen molar-refractivity contribution in [3.63, 3.8) is 0 Å². The van der Waals surface area contributed by atoms with Gasteiger partial charge < -0.3 is 9.84 Å². The van der Waals surface area contributed by atoms with Crippen molar-refractivity contribution in [1.29, 1.82) is 0 Å². The molecule has 0 heterocycles. The number of phenols is 1. The first-order valence-corrected chi connectivity index (χ1v) is 5.16. The summed E-state index contributed by atoms with van der Waals surface area (Å²) in [5.41, 5.74) is 0. The van der Waals surface area contributed by atoms with E-state index in [1.165, 1.54) is 0 Å². The number of alkyl halides is 7. The van der Waals surface area contributed by atoms with Gasteiger partial charge in [-0.25, -0.2) is 4.79 Å². The molecule has 0 saturated carbocycles.